The summed E-state index contributed by atoms with van der Waals surface area (Å²) in [7, 11) is 1.59. The SMILES string of the molecule is COc1ccc(NC(=O)C[C@H]2SC(=NCCc3ccccc3)NC2=O)cc1. The summed E-state index contributed by atoms with van der Waals surface area (Å²) in [6, 6.07) is 17.1. The minimum absolute atomic E-state index is 0.0975. The lowest BCUT2D eigenvalue weighted by molar-refractivity contribution is -0.122. The van der Waals surface area contributed by atoms with E-state index in [0.29, 0.717) is 17.4 Å². The van der Waals surface area contributed by atoms with Crippen molar-refractivity contribution in [3.05, 3.63) is 60.2 Å². The number of aliphatic imine (C=N–C) groups is 1. The Morgan fingerprint density at radius 2 is 1.93 bits per heavy atom. The summed E-state index contributed by atoms with van der Waals surface area (Å²) < 4.78 is 5.09. The van der Waals surface area contributed by atoms with E-state index in [2.05, 4.69) is 15.6 Å². The number of hydrogen-bond donors (Lipinski definition) is 2. The Morgan fingerprint density at radius 1 is 1.19 bits per heavy atom. The van der Waals surface area contributed by atoms with Crippen LogP contribution in [0.3, 0.4) is 0 Å². The lowest BCUT2D eigenvalue weighted by Gasteiger charge is -2.08. The summed E-state index contributed by atoms with van der Waals surface area (Å²) in [5, 5.41) is 5.67. The first-order chi connectivity index (χ1) is 13.1. The number of amides is 2. The lowest BCUT2D eigenvalue weighted by Crippen LogP contribution is -2.28. The molecule has 1 aliphatic rings. The molecule has 0 saturated carbocycles. The Labute approximate surface area is 162 Å². The summed E-state index contributed by atoms with van der Waals surface area (Å²) in [5.41, 5.74) is 1.87. The van der Waals surface area contributed by atoms with Crippen LogP contribution in [0.5, 0.6) is 5.75 Å². The summed E-state index contributed by atoms with van der Waals surface area (Å²) in [6.07, 6.45) is 0.906. The van der Waals surface area contributed by atoms with Crippen LogP contribution in [0.25, 0.3) is 0 Å². The number of benzene rings is 2. The molecule has 3 rings (SSSR count). The lowest BCUT2D eigenvalue weighted by atomic mass is 10.2. The number of ether oxygens (including phenoxy) is 1. The smallest absolute Gasteiger partial charge is 0.240 e. The molecule has 0 spiro atoms. The maximum atomic E-state index is 12.2. The largest absolute Gasteiger partial charge is 0.497 e. The van der Waals surface area contributed by atoms with E-state index < -0.39 is 5.25 Å². The number of carbonyl (C=O) groups is 2. The van der Waals surface area contributed by atoms with E-state index in [1.165, 1.54) is 17.3 Å². The number of nitrogens with zero attached hydrogens (tertiary/aromatic N) is 1. The van der Waals surface area contributed by atoms with Gasteiger partial charge < -0.3 is 15.4 Å². The van der Waals surface area contributed by atoms with Crippen molar-refractivity contribution in [3.8, 4) is 5.75 Å². The van der Waals surface area contributed by atoms with E-state index in [1.54, 1.807) is 31.4 Å². The molecule has 2 N–H and O–H groups in total. The van der Waals surface area contributed by atoms with E-state index in [0.717, 1.165) is 12.2 Å². The van der Waals surface area contributed by atoms with Crippen LogP contribution in [0.4, 0.5) is 5.69 Å². The number of anilines is 1. The van der Waals surface area contributed by atoms with Gasteiger partial charge in [-0.25, -0.2) is 0 Å². The standard InChI is InChI=1S/C20H21N3O3S/c1-26-16-9-7-15(8-10-16)22-18(24)13-17-19(25)23-20(27-17)21-12-11-14-5-3-2-4-6-14/h2-10,17H,11-13H2,1H3,(H,22,24)(H,21,23,25)/t17-/m1/s1. The van der Waals surface area contributed by atoms with Gasteiger partial charge in [-0.2, -0.15) is 0 Å². The second-order valence-electron chi connectivity index (χ2n) is 6.00. The van der Waals surface area contributed by atoms with Crippen molar-refractivity contribution in [2.24, 2.45) is 4.99 Å². The first kappa shape index (κ1) is 19.0. The van der Waals surface area contributed by atoms with Crippen LogP contribution in [-0.4, -0.2) is 35.9 Å². The fourth-order valence-corrected chi connectivity index (χ4v) is 3.60. The van der Waals surface area contributed by atoms with Crippen LogP contribution < -0.4 is 15.4 Å². The number of hydrogen-bond acceptors (Lipinski definition) is 5. The average Bonchev–Trinajstić information content (AvgIpc) is 3.02. The van der Waals surface area contributed by atoms with Gasteiger partial charge in [0.25, 0.3) is 0 Å². The zero-order valence-electron chi connectivity index (χ0n) is 15.0. The highest BCUT2D eigenvalue weighted by molar-refractivity contribution is 8.15. The van der Waals surface area contributed by atoms with Gasteiger partial charge in [-0.05, 0) is 36.2 Å². The number of carbonyl (C=O) groups excluding carboxylic acids is 2. The molecule has 2 aromatic rings. The molecule has 6 nitrogen and oxygen atoms in total. The summed E-state index contributed by atoms with van der Waals surface area (Å²) >= 11 is 1.31. The topological polar surface area (TPSA) is 79.8 Å². The molecular formula is C20H21N3O3S. The highest BCUT2D eigenvalue weighted by Crippen LogP contribution is 2.23. The minimum atomic E-state index is -0.460. The van der Waals surface area contributed by atoms with Crippen LogP contribution in [-0.2, 0) is 16.0 Å². The monoisotopic (exact) mass is 383 g/mol. The molecule has 1 fully saturated rings. The van der Waals surface area contributed by atoms with Gasteiger partial charge in [-0.1, -0.05) is 42.1 Å². The van der Waals surface area contributed by atoms with Gasteiger partial charge >= 0.3 is 0 Å². The third-order valence-electron chi connectivity index (χ3n) is 4.02. The molecule has 1 heterocycles. The van der Waals surface area contributed by atoms with E-state index in [4.69, 9.17) is 4.74 Å². The molecule has 1 atom stereocenters. The van der Waals surface area contributed by atoms with Gasteiger partial charge in [0.2, 0.25) is 11.8 Å². The Kier molecular flexibility index (Phi) is 6.49. The van der Waals surface area contributed by atoms with Gasteiger partial charge in [0.05, 0.1) is 7.11 Å². The van der Waals surface area contributed by atoms with Gasteiger partial charge in [0.15, 0.2) is 5.17 Å². The fourth-order valence-electron chi connectivity index (χ4n) is 2.60. The van der Waals surface area contributed by atoms with Crippen LogP contribution in [0.1, 0.15) is 12.0 Å². The third-order valence-corrected chi connectivity index (χ3v) is 5.14. The molecule has 2 aromatic carbocycles. The van der Waals surface area contributed by atoms with E-state index >= 15 is 0 Å². The van der Waals surface area contributed by atoms with E-state index in [9.17, 15) is 9.59 Å². The zero-order valence-corrected chi connectivity index (χ0v) is 15.8. The van der Waals surface area contributed by atoms with Gasteiger partial charge in [-0.3, -0.25) is 14.6 Å². The van der Waals surface area contributed by atoms with Gasteiger partial charge in [0.1, 0.15) is 11.0 Å². The van der Waals surface area contributed by atoms with Crippen LogP contribution in [0, 0.1) is 0 Å². The molecule has 7 heteroatoms. The molecule has 140 valence electrons. The number of thioether (sulfide) groups is 1. The fraction of sp³-hybridized carbons (Fsp3) is 0.250. The third kappa shape index (κ3) is 5.59. The maximum Gasteiger partial charge on any atom is 0.240 e. The zero-order chi connectivity index (χ0) is 19.1. The number of rotatable bonds is 7. The van der Waals surface area contributed by atoms with Crippen molar-refractivity contribution in [2.75, 3.05) is 19.0 Å². The average molecular weight is 383 g/mol. The predicted molar refractivity (Wildman–Crippen MR) is 108 cm³/mol. The molecule has 0 aliphatic carbocycles. The summed E-state index contributed by atoms with van der Waals surface area (Å²) in [6.45, 7) is 0.595. The first-order valence-electron chi connectivity index (χ1n) is 8.64. The second-order valence-corrected chi connectivity index (χ2v) is 7.19. The quantitative estimate of drug-likeness (QED) is 0.771. The van der Waals surface area contributed by atoms with Gasteiger partial charge in [-0.15, -0.1) is 0 Å². The molecule has 0 aromatic heterocycles. The van der Waals surface area contributed by atoms with Crippen molar-refractivity contribution in [2.45, 2.75) is 18.1 Å². The minimum Gasteiger partial charge on any atom is -0.497 e. The number of nitrogens with one attached hydrogen (secondary N) is 2. The number of amidine groups is 1. The van der Waals surface area contributed by atoms with Crippen molar-refractivity contribution in [1.82, 2.24) is 5.32 Å². The molecule has 1 saturated heterocycles. The first-order valence-corrected chi connectivity index (χ1v) is 9.52. The van der Waals surface area contributed by atoms with E-state index in [-0.39, 0.29) is 18.2 Å². The highest BCUT2D eigenvalue weighted by atomic mass is 32.2. The van der Waals surface area contributed by atoms with Crippen molar-refractivity contribution in [1.29, 1.82) is 0 Å². The van der Waals surface area contributed by atoms with E-state index in [1.807, 2.05) is 30.3 Å². The van der Waals surface area contributed by atoms with Crippen LogP contribution in [0.15, 0.2) is 59.6 Å². The molecule has 0 radical (unpaired) electrons. The Balaban J connectivity index is 1.48. The van der Waals surface area contributed by atoms with Crippen LogP contribution in [0.2, 0.25) is 0 Å². The second kappa shape index (κ2) is 9.23. The van der Waals surface area contributed by atoms with Crippen molar-refractivity contribution < 1.29 is 14.3 Å². The van der Waals surface area contributed by atoms with Crippen molar-refractivity contribution in [3.63, 3.8) is 0 Å². The van der Waals surface area contributed by atoms with Crippen molar-refractivity contribution >= 4 is 34.4 Å². The van der Waals surface area contributed by atoms with Gasteiger partial charge in [0, 0.05) is 18.7 Å². The Bertz CT molecular complexity index is 822. The normalized spacial score (nSPS) is 17.6. The molecule has 1 aliphatic heterocycles. The molecule has 2 amide bonds. The van der Waals surface area contributed by atoms with Crippen LogP contribution >= 0.6 is 11.8 Å². The number of methoxy groups -OCH3 is 1. The Hall–Kier alpha value is -2.80. The molecule has 0 unspecified atom stereocenters. The highest BCUT2D eigenvalue weighted by Gasteiger charge is 2.31. The maximum absolute atomic E-state index is 12.2. The molecule has 0 bridgehead atoms. The summed E-state index contributed by atoms with van der Waals surface area (Å²) in [5.74, 6) is 0.330. The Morgan fingerprint density at radius 3 is 2.63 bits per heavy atom. The molecular weight excluding hydrogens is 362 g/mol. The molecule has 27 heavy (non-hydrogen) atoms. The summed E-state index contributed by atoms with van der Waals surface area (Å²) in [4.78, 5) is 28.7. The predicted octanol–water partition coefficient (Wildman–Crippen LogP) is 2.85.